The summed E-state index contributed by atoms with van der Waals surface area (Å²) in [4.78, 5) is 7.61. The molecule has 0 aliphatic heterocycles. The fourth-order valence-corrected chi connectivity index (χ4v) is 2.97. The van der Waals surface area contributed by atoms with E-state index in [9.17, 15) is 0 Å². The van der Waals surface area contributed by atoms with Crippen LogP contribution in [0.15, 0.2) is 47.8 Å². The molecule has 2 aromatic heterocycles. The summed E-state index contributed by atoms with van der Waals surface area (Å²) in [6.07, 6.45) is 9.11. The maximum absolute atomic E-state index is 4.29. The van der Waals surface area contributed by atoms with Crippen LogP contribution >= 0.6 is 24.0 Å². The number of aromatic nitrogens is 3. The third-order valence-electron chi connectivity index (χ3n) is 4.28. The highest BCUT2D eigenvalue weighted by atomic mass is 127. The van der Waals surface area contributed by atoms with E-state index in [1.807, 2.05) is 25.0 Å². The zero-order chi connectivity index (χ0) is 17.5. The van der Waals surface area contributed by atoms with Crippen LogP contribution in [0, 0.1) is 0 Å². The van der Waals surface area contributed by atoms with Crippen LogP contribution in [0.1, 0.15) is 17.5 Å². The maximum atomic E-state index is 4.29. The largest absolute Gasteiger partial charge is 0.361 e. The number of hydrogen-bond acceptors (Lipinski definition) is 2. The minimum absolute atomic E-state index is 0. The van der Waals surface area contributed by atoms with Gasteiger partial charge in [-0.3, -0.25) is 9.67 Å². The molecule has 6 nitrogen and oxygen atoms in total. The number of H-pyrrole nitrogens is 1. The number of nitrogens with zero attached hydrogens (tertiary/aromatic N) is 3. The van der Waals surface area contributed by atoms with Crippen LogP contribution < -0.4 is 10.6 Å². The Bertz CT molecular complexity index is 835. The zero-order valence-corrected chi connectivity index (χ0v) is 17.7. The van der Waals surface area contributed by atoms with E-state index in [1.54, 1.807) is 0 Å². The summed E-state index contributed by atoms with van der Waals surface area (Å²) in [6, 6.07) is 8.40. The SMILES string of the molecule is CN=C(NCCCc1cnn(C)c1)NCCc1c[nH]c2ccccc12.I. The van der Waals surface area contributed by atoms with Crippen LogP contribution in [0.3, 0.4) is 0 Å². The molecule has 7 heteroatoms. The first kappa shape index (κ1) is 20.3. The topological polar surface area (TPSA) is 70.0 Å². The summed E-state index contributed by atoms with van der Waals surface area (Å²) < 4.78 is 1.84. The van der Waals surface area contributed by atoms with Crippen LogP contribution in [-0.4, -0.2) is 40.9 Å². The average molecular weight is 466 g/mol. The van der Waals surface area contributed by atoms with E-state index < -0.39 is 0 Å². The second kappa shape index (κ2) is 10.2. The van der Waals surface area contributed by atoms with Crippen molar-refractivity contribution >= 4 is 40.8 Å². The lowest BCUT2D eigenvalue weighted by Crippen LogP contribution is -2.38. The van der Waals surface area contributed by atoms with Gasteiger partial charge in [-0.2, -0.15) is 5.10 Å². The molecule has 0 amide bonds. The second-order valence-corrected chi connectivity index (χ2v) is 6.16. The molecule has 2 heterocycles. The van der Waals surface area contributed by atoms with Crippen LogP contribution in [0.4, 0.5) is 0 Å². The Morgan fingerprint density at radius 3 is 2.77 bits per heavy atom. The number of para-hydroxylation sites is 1. The summed E-state index contributed by atoms with van der Waals surface area (Å²) in [6.45, 7) is 1.74. The Kier molecular flexibility index (Phi) is 7.96. The van der Waals surface area contributed by atoms with Crippen LogP contribution in [0.2, 0.25) is 0 Å². The fraction of sp³-hybridized carbons (Fsp3) is 0.368. The Balaban J connectivity index is 0.00000243. The number of rotatable bonds is 7. The number of benzene rings is 1. The lowest BCUT2D eigenvalue weighted by atomic mass is 10.1. The number of halogens is 1. The molecule has 0 fully saturated rings. The Hall–Kier alpha value is -2.03. The van der Waals surface area contributed by atoms with Gasteiger partial charge >= 0.3 is 0 Å². The zero-order valence-electron chi connectivity index (χ0n) is 15.3. The van der Waals surface area contributed by atoms with E-state index in [1.165, 1.54) is 22.0 Å². The highest BCUT2D eigenvalue weighted by Gasteiger charge is 2.03. The minimum Gasteiger partial charge on any atom is -0.361 e. The average Bonchev–Trinajstić information content (AvgIpc) is 3.23. The molecule has 0 bridgehead atoms. The van der Waals surface area contributed by atoms with Gasteiger partial charge in [0.15, 0.2) is 5.96 Å². The van der Waals surface area contributed by atoms with Crippen molar-refractivity contribution in [2.75, 3.05) is 20.1 Å². The number of hydrogen-bond donors (Lipinski definition) is 3. The minimum atomic E-state index is 0. The van der Waals surface area contributed by atoms with E-state index >= 15 is 0 Å². The number of aliphatic imine (C=N–C) groups is 1. The van der Waals surface area contributed by atoms with E-state index in [2.05, 4.69) is 62.4 Å². The smallest absolute Gasteiger partial charge is 0.190 e. The third kappa shape index (κ3) is 5.48. The van der Waals surface area contributed by atoms with Gasteiger partial charge in [-0.1, -0.05) is 18.2 Å². The molecule has 3 rings (SSSR count). The molecular formula is C19H27IN6. The second-order valence-electron chi connectivity index (χ2n) is 6.16. The van der Waals surface area contributed by atoms with E-state index in [4.69, 9.17) is 0 Å². The van der Waals surface area contributed by atoms with Gasteiger partial charge in [-0.05, 0) is 36.5 Å². The van der Waals surface area contributed by atoms with Gasteiger partial charge in [-0.25, -0.2) is 0 Å². The monoisotopic (exact) mass is 466 g/mol. The molecule has 3 aromatic rings. The Morgan fingerprint density at radius 2 is 2.00 bits per heavy atom. The van der Waals surface area contributed by atoms with Crippen LogP contribution in [-0.2, 0) is 19.9 Å². The predicted molar refractivity (Wildman–Crippen MR) is 118 cm³/mol. The number of guanidine groups is 1. The fourth-order valence-electron chi connectivity index (χ4n) is 2.97. The van der Waals surface area contributed by atoms with E-state index in [-0.39, 0.29) is 24.0 Å². The molecule has 140 valence electrons. The van der Waals surface area contributed by atoms with Crippen molar-refractivity contribution in [2.24, 2.45) is 12.0 Å². The molecular weight excluding hydrogens is 439 g/mol. The van der Waals surface area contributed by atoms with Crippen molar-refractivity contribution in [2.45, 2.75) is 19.3 Å². The van der Waals surface area contributed by atoms with Crippen molar-refractivity contribution in [3.8, 4) is 0 Å². The number of fused-ring (bicyclic) bond motifs is 1. The van der Waals surface area contributed by atoms with Crippen molar-refractivity contribution in [3.63, 3.8) is 0 Å². The maximum Gasteiger partial charge on any atom is 0.190 e. The van der Waals surface area contributed by atoms with Crippen LogP contribution in [0.5, 0.6) is 0 Å². The van der Waals surface area contributed by atoms with Gasteiger partial charge in [0, 0.05) is 50.5 Å². The highest BCUT2D eigenvalue weighted by molar-refractivity contribution is 14.0. The predicted octanol–water partition coefficient (Wildman–Crippen LogP) is 2.86. The molecule has 0 unspecified atom stereocenters. The van der Waals surface area contributed by atoms with E-state index in [0.717, 1.165) is 38.3 Å². The summed E-state index contributed by atoms with van der Waals surface area (Å²) in [7, 11) is 3.75. The highest BCUT2D eigenvalue weighted by Crippen LogP contribution is 2.17. The summed E-state index contributed by atoms with van der Waals surface area (Å²) in [5.41, 5.74) is 3.79. The van der Waals surface area contributed by atoms with Gasteiger partial charge in [0.25, 0.3) is 0 Å². The lowest BCUT2D eigenvalue weighted by Gasteiger charge is -2.11. The van der Waals surface area contributed by atoms with Gasteiger partial charge in [-0.15, -0.1) is 24.0 Å². The molecule has 0 atom stereocenters. The Labute approximate surface area is 171 Å². The Morgan fingerprint density at radius 1 is 1.19 bits per heavy atom. The summed E-state index contributed by atoms with van der Waals surface area (Å²) in [5.74, 6) is 0.853. The molecule has 0 saturated carbocycles. The molecule has 0 aliphatic rings. The standard InChI is InChI=1S/C19H26N6.HI/c1-20-19(21-10-5-6-15-12-24-25(2)14-15)22-11-9-16-13-23-18-8-4-3-7-17(16)18;/h3-4,7-8,12-14,23H,5-6,9-11H2,1-2H3,(H2,20,21,22);1H. The third-order valence-corrected chi connectivity index (χ3v) is 4.28. The molecule has 1 aromatic carbocycles. The first-order valence-corrected chi connectivity index (χ1v) is 8.73. The summed E-state index contributed by atoms with van der Waals surface area (Å²) in [5, 5.41) is 12.2. The first-order chi connectivity index (χ1) is 12.3. The van der Waals surface area contributed by atoms with Gasteiger partial charge in [0.05, 0.1) is 6.20 Å². The van der Waals surface area contributed by atoms with E-state index in [0.29, 0.717) is 0 Å². The quantitative estimate of drug-likeness (QED) is 0.217. The number of nitrogens with one attached hydrogen (secondary N) is 3. The molecule has 0 spiro atoms. The van der Waals surface area contributed by atoms with Gasteiger partial charge < -0.3 is 15.6 Å². The normalized spacial score (nSPS) is 11.4. The number of aryl methyl sites for hydroxylation is 2. The molecule has 26 heavy (non-hydrogen) atoms. The van der Waals surface area contributed by atoms with Crippen LogP contribution in [0.25, 0.3) is 10.9 Å². The van der Waals surface area contributed by atoms with Crippen molar-refractivity contribution in [1.82, 2.24) is 25.4 Å². The molecule has 0 radical (unpaired) electrons. The lowest BCUT2D eigenvalue weighted by molar-refractivity contribution is 0.737. The first-order valence-electron chi connectivity index (χ1n) is 8.73. The summed E-state index contributed by atoms with van der Waals surface area (Å²) >= 11 is 0. The van der Waals surface area contributed by atoms with Gasteiger partial charge in [0.1, 0.15) is 0 Å². The molecule has 3 N–H and O–H groups in total. The van der Waals surface area contributed by atoms with Crippen molar-refractivity contribution in [1.29, 1.82) is 0 Å². The van der Waals surface area contributed by atoms with Crippen molar-refractivity contribution in [3.05, 3.63) is 54.0 Å². The molecule has 0 aliphatic carbocycles. The molecule has 0 saturated heterocycles. The van der Waals surface area contributed by atoms with Gasteiger partial charge in [0.2, 0.25) is 0 Å². The van der Waals surface area contributed by atoms with Crippen molar-refractivity contribution < 1.29 is 0 Å². The number of aromatic amines is 1.